The molecule has 0 saturated carbocycles. The SMILES string of the molecule is CC(C)(C)NC(N)=NC1CCSCC1. The molecule has 1 rings (SSSR count). The van der Waals surface area contributed by atoms with Crippen LogP contribution in [0.15, 0.2) is 4.99 Å². The number of nitrogens with one attached hydrogen (secondary N) is 1. The molecular weight excluding hydrogens is 194 g/mol. The van der Waals surface area contributed by atoms with E-state index in [2.05, 4.69) is 31.1 Å². The first kappa shape index (κ1) is 11.7. The fraction of sp³-hybridized carbons (Fsp3) is 0.900. The van der Waals surface area contributed by atoms with Gasteiger partial charge in [-0.1, -0.05) is 0 Å². The molecule has 0 atom stereocenters. The number of aliphatic imine (C=N–C) groups is 1. The summed E-state index contributed by atoms with van der Waals surface area (Å²) in [4.78, 5) is 4.49. The minimum Gasteiger partial charge on any atom is -0.370 e. The molecule has 1 heterocycles. The van der Waals surface area contributed by atoms with Gasteiger partial charge in [-0.2, -0.15) is 11.8 Å². The summed E-state index contributed by atoms with van der Waals surface area (Å²) in [5.41, 5.74) is 5.83. The zero-order valence-electron chi connectivity index (χ0n) is 9.34. The van der Waals surface area contributed by atoms with Crippen molar-refractivity contribution in [2.75, 3.05) is 11.5 Å². The van der Waals surface area contributed by atoms with E-state index in [-0.39, 0.29) is 5.54 Å². The number of hydrogen-bond donors (Lipinski definition) is 2. The highest BCUT2D eigenvalue weighted by molar-refractivity contribution is 7.99. The van der Waals surface area contributed by atoms with E-state index in [4.69, 9.17) is 5.73 Å². The largest absolute Gasteiger partial charge is 0.370 e. The molecule has 1 aliphatic rings. The lowest BCUT2D eigenvalue weighted by Gasteiger charge is -2.23. The number of hydrogen-bond acceptors (Lipinski definition) is 2. The molecule has 1 fully saturated rings. The Hall–Kier alpha value is -0.380. The van der Waals surface area contributed by atoms with Crippen molar-refractivity contribution in [2.24, 2.45) is 10.7 Å². The van der Waals surface area contributed by atoms with Crippen LogP contribution in [0.2, 0.25) is 0 Å². The van der Waals surface area contributed by atoms with Crippen molar-refractivity contribution in [3.63, 3.8) is 0 Å². The van der Waals surface area contributed by atoms with Gasteiger partial charge in [0, 0.05) is 5.54 Å². The van der Waals surface area contributed by atoms with E-state index in [1.54, 1.807) is 0 Å². The van der Waals surface area contributed by atoms with E-state index < -0.39 is 0 Å². The maximum Gasteiger partial charge on any atom is 0.189 e. The molecule has 0 radical (unpaired) electrons. The third-order valence-electron chi connectivity index (χ3n) is 2.02. The van der Waals surface area contributed by atoms with Crippen LogP contribution in [0.3, 0.4) is 0 Å². The summed E-state index contributed by atoms with van der Waals surface area (Å²) in [5, 5.41) is 3.19. The molecule has 82 valence electrons. The third kappa shape index (κ3) is 4.74. The number of nitrogens with zero attached hydrogens (tertiary/aromatic N) is 1. The summed E-state index contributed by atoms with van der Waals surface area (Å²) in [6.45, 7) is 6.27. The zero-order chi connectivity index (χ0) is 10.6. The van der Waals surface area contributed by atoms with Crippen LogP contribution in [0.4, 0.5) is 0 Å². The van der Waals surface area contributed by atoms with Crippen LogP contribution in [0.25, 0.3) is 0 Å². The highest BCUT2D eigenvalue weighted by Crippen LogP contribution is 2.19. The van der Waals surface area contributed by atoms with Crippen LogP contribution in [0.1, 0.15) is 33.6 Å². The maximum absolute atomic E-state index is 5.82. The summed E-state index contributed by atoms with van der Waals surface area (Å²) in [7, 11) is 0. The van der Waals surface area contributed by atoms with Crippen LogP contribution in [-0.4, -0.2) is 29.0 Å². The number of thioether (sulfide) groups is 1. The van der Waals surface area contributed by atoms with Crippen LogP contribution in [-0.2, 0) is 0 Å². The van der Waals surface area contributed by atoms with Gasteiger partial charge in [0.2, 0.25) is 0 Å². The van der Waals surface area contributed by atoms with Crippen molar-refractivity contribution < 1.29 is 0 Å². The van der Waals surface area contributed by atoms with E-state index in [9.17, 15) is 0 Å². The van der Waals surface area contributed by atoms with Gasteiger partial charge in [0.1, 0.15) is 0 Å². The lowest BCUT2D eigenvalue weighted by Crippen LogP contribution is -2.45. The molecule has 3 nitrogen and oxygen atoms in total. The molecule has 3 N–H and O–H groups in total. The number of rotatable bonds is 1. The van der Waals surface area contributed by atoms with Crippen molar-refractivity contribution >= 4 is 17.7 Å². The Morgan fingerprint density at radius 2 is 1.93 bits per heavy atom. The lowest BCUT2D eigenvalue weighted by atomic mass is 10.1. The van der Waals surface area contributed by atoms with Crippen LogP contribution in [0, 0.1) is 0 Å². The lowest BCUT2D eigenvalue weighted by molar-refractivity contribution is 0.503. The van der Waals surface area contributed by atoms with Gasteiger partial charge in [-0.3, -0.25) is 4.99 Å². The van der Waals surface area contributed by atoms with Gasteiger partial charge in [0.15, 0.2) is 5.96 Å². The summed E-state index contributed by atoms with van der Waals surface area (Å²) in [6, 6.07) is 0.436. The summed E-state index contributed by atoms with van der Waals surface area (Å²) >= 11 is 2.01. The molecule has 0 bridgehead atoms. The van der Waals surface area contributed by atoms with Gasteiger partial charge >= 0.3 is 0 Å². The molecule has 0 aromatic rings. The average molecular weight is 215 g/mol. The third-order valence-corrected chi connectivity index (χ3v) is 3.06. The second kappa shape index (κ2) is 4.91. The molecule has 0 aliphatic carbocycles. The van der Waals surface area contributed by atoms with Crippen molar-refractivity contribution in [3.05, 3.63) is 0 Å². The van der Waals surface area contributed by atoms with Crippen LogP contribution in [0.5, 0.6) is 0 Å². The first-order valence-electron chi connectivity index (χ1n) is 5.16. The van der Waals surface area contributed by atoms with Gasteiger partial charge in [-0.05, 0) is 45.1 Å². The molecule has 0 unspecified atom stereocenters. The molecule has 0 amide bonds. The fourth-order valence-electron chi connectivity index (χ4n) is 1.43. The number of nitrogens with two attached hydrogens (primary N) is 1. The van der Waals surface area contributed by atoms with Gasteiger partial charge in [0.05, 0.1) is 6.04 Å². The van der Waals surface area contributed by atoms with Gasteiger partial charge in [-0.25, -0.2) is 0 Å². The van der Waals surface area contributed by atoms with Gasteiger partial charge in [-0.15, -0.1) is 0 Å². The van der Waals surface area contributed by atoms with Crippen LogP contribution >= 0.6 is 11.8 Å². The monoisotopic (exact) mass is 215 g/mol. The molecule has 0 aromatic heterocycles. The predicted molar refractivity (Wildman–Crippen MR) is 64.9 cm³/mol. The van der Waals surface area contributed by atoms with Gasteiger partial charge < -0.3 is 11.1 Å². The summed E-state index contributed by atoms with van der Waals surface area (Å²) in [5.74, 6) is 3.03. The van der Waals surface area contributed by atoms with E-state index in [1.807, 2.05) is 11.8 Å². The molecule has 0 aromatic carbocycles. The smallest absolute Gasteiger partial charge is 0.189 e. The van der Waals surface area contributed by atoms with Crippen molar-refractivity contribution in [3.8, 4) is 0 Å². The van der Waals surface area contributed by atoms with Crippen molar-refractivity contribution in [2.45, 2.75) is 45.2 Å². The Bertz CT molecular complexity index is 202. The van der Waals surface area contributed by atoms with Crippen LogP contribution < -0.4 is 11.1 Å². The van der Waals surface area contributed by atoms with E-state index in [0.29, 0.717) is 12.0 Å². The Morgan fingerprint density at radius 1 is 1.36 bits per heavy atom. The molecule has 4 heteroatoms. The predicted octanol–water partition coefficient (Wildman–Crippen LogP) is 1.58. The molecule has 0 spiro atoms. The van der Waals surface area contributed by atoms with E-state index in [1.165, 1.54) is 11.5 Å². The minimum atomic E-state index is 0.0109. The quantitative estimate of drug-likeness (QED) is 0.516. The summed E-state index contributed by atoms with van der Waals surface area (Å²) < 4.78 is 0. The Balaban J connectivity index is 2.41. The second-order valence-electron chi connectivity index (χ2n) is 4.73. The molecule has 14 heavy (non-hydrogen) atoms. The minimum absolute atomic E-state index is 0.0109. The average Bonchev–Trinajstić information content (AvgIpc) is 2.02. The second-order valence-corrected chi connectivity index (χ2v) is 5.96. The topological polar surface area (TPSA) is 50.4 Å². The maximum atomic E-state index is 5.82. The number of guanidine groups is 1. The fourth-order valence-corrected chi connectivity index (χ4v) is 2.51. The highest BCUT2D eigenvalue weighted by atomic mass is 32.2. The van der Waals surface area contributed by atoms with E-state index in [0.717, 1.165) is 12.8 Å². The summed E-state index contributed by atoms with van der Waals surface area (Å²) in [6.07, 6.45) is 2.33. The molecular formula is C10H21N3S. The first-order chi connectivity index (χ1) is 6.47. The van der Waals surface area contributed by atoms with Crippen molar-refractivity contribution in [1.82, 2.24) is 5.32 Å². The Labute approximate surface area is 90.9 Å². The van der Waals surface area contributed by atoms with Crippen molar-refractivity contribution in [1.29, 1.82) is 0 Å². The highest BCUT2D eigenvalue weighted by Gasteiger charge is 2.15. The standard InChI is InChI=1S/C10H21N3S/c1-10(2,3)13-9(11)12-8-4-6-14-7-5-8/h8H,4-7H2,1-3H3,(H3,11,12,13). The Morgan fingerprint density at radius 3 is 2.43 bits per heavy atom. The molecule has 1 aliphatic heterocycles. The normalized spacial score (nSPS) is 20.9. The Kier molecular flexibility index (Phi) is 4.11. The van der Waals surface area contributed by atoms with Gasteiger partial charge in [0.25, 0.3) is 0 Å². The first-order valence-corrected chi connectivity index (χ1v) is 6.32. The van der Waals surface area contributed by atoms with E-state index >= 15 is 0 Å². The zero-order valence-corrected chi connectivity index (χ0v) is 10.2. The molecule has 1 saturated heterocycles.